The van der Waals surface area contributed by atoms with E-state index in [4.69, 9.17) is 0 Å². The van der Waals surface area contributed by atoms with E-state index < -0.39 is 0 Å². The summed E-state index contributed by atoms with van der Waals surface area (Å²) in [6.07, 6.45) is 8.97. The van der Waals surface area contributed by atoms with Crippen LogP contribution in [0.1, 0.15) is 43.9 Å². The van der Waals surface area contributed by atoms with Gasteiger partial charge in [-0.3, -0.25) is 0 Å². The fourth-order valence-corrected chi connectivity index (χ4v) is 3.02. The van der Waals surface area contributed by atoms with E-state index in [0.717, 1.165) is 38.2 Å². The standard InChI is InChI=1S/C14H22N4/c1-14(7-8-15-9-14)18-13-11-5-3-2-4-6-12(11)16-10-17-13/h10,15H,2-9H2,1H3,(H,16,17,18). The van der Waals surface area contributed by atoms with Crippen molar-refractivity contribution >= 4 is 5.82 Å². The maximum absolute atomic E-state index is 4.49. The SMILES string of the molecule is CC1(Nc2ncnc3c2CCCCC3)CCNC1. The van der Waals surface area contributed by atoms with Gasteiger partial charge in [-0.05, 0) is 45.6 Å². The quantitative estimate of drug-likeness (QED) is 0.783. The number of aromatic nitrogens is 2. The Kier molecular flexibility index (Phi) is 3.20. The summed E-state index contributed by atoms with van der Waals surface area (Å²) in [4.78, 5) is 8.96. The minimum absolute atomic E-state index is 0.147. The van der Waals surface area contributed by atoms with Gasteiger partial charge in [0, 0.05) is 23.3 Å². The molecule has 2 aliphatic rings. The van der Waals surface area contributed by atoms with Gasteiger partial charge in [0.15, 0.2) is 0 Å². The van der Waals surface area contributed by atoms with Crippen LogP contribution in [0.2, 0.25) is 0 Å². The molecule has 1 fully saturated rings. The Balaban J connectivity index is 1.87. The van der Waals surface area contributed by atoms with E-state index in [-0.39, 0.29) is 5.54 Å². The molecule has 0 aromatic carbocycles. The molecule has 1 saturated heterocycles. The number of nitrogens with zero attached hydrogens (tertiary/aromatic N) is 2. The second-order valence-electron chi connectivity index (χ2n) is 5.82. The molecule has 1 aromatic heterocycles. The molecule has 0 spiro atoms. The van der Waals surface area contributed by atoms with Crippen molar-refractivity contribution in [2.45, 2.75) is 51.0 Å². The highest BCUT2D eigenvalue weighted by Crippen LogP contribution is 2.27. The smallest absolute Gasteiger partial charge is 0.133 e. The fourth-order valence-electron chi connectivity index (χ4n) is 3.02. The topological polar surface area (TPSA) is 49.8 Å². The highest BCUT2D eigenvalue weighted by atomic mass is 15.1. The Morgan fingerprint density at radius 3 is 2.94 bits per heavy atom. The van der Waals surface area contributed by atoms with Crippen molar-refractivity contribution in [3.8, 4) is 0 Å². The highest BCUT2D eigenvalue weighted by Gasteiger charge is 2.29. The third-order valence-corrected chi connectivity index (χ3v) is 4.16. The lowest BCUT2D eigenvalue weighted by atomic mass is 10.0. The van der Waals surface area contributed by atoms with Gasteiger partial charge in [0.05, 0.1) is 0 Å². The van der Waals surface area contributed by atoms with E-state index in [9.17, 15) is 0 Å². The van der Waals surface area contributed by atoms with E-state index in [0.29, 0.717) is 0 Å². The minimum atomic E-state index is 0.147. The van der Waals surface area contributed by atoms with Crippen LogP contribution < -0.4 is 10.6 Å². The second kappa shape index (κ2) is 4.84. The van der Waals surface area contributed by atoms with Crippen molar-refractivity contribution in [2.75, 3.05) is 18.4 Å². The van der Waals surface area contributed by atoms with Crippen molar-refractivity contribution in [1.82, 2.24) is 15.3 Å². The lowest BCUT2D eigenvalue weighted by molar-refractivity contribution is 0.562. The molecule has 0 radical (unpaired) electrons. The van der Waals surface area contributed by atoms with Crippen molar-refractivity contribution in [3.63, 3.8) is 0 Å². The molecule has 98 valence electrons. The molecule has 2 N–H and O–H groups in total. The van der Waals surface area contributed by atoms with Gasteiger partial charge >= 0.3 is 0 Å². The van der Waals surface area contributed by atoms with E-state index in [1.165, 1.54) is 30.5 Å². The molecule has 1 aromatic rings. The van der Waals surface area contributed by atoms with Gasteiger partial charge in [-0.2, -0.15) is 0 Å². The Hall–Kier alpha value is -1.16. The van der Waals surface area contributed by atoms with Crippen LogP contribution in [-0.2, 0) is 12.8 Å². The number of anilines is 1. The third-order valence-electron chi connectivity index (χ3n) is 4.16. The summed E-state index contributed by atoms with van der Waals surface area (Å²) in [5.74, 6) is 1.08. The predicted molar refractivity (Wildman–Crippen MR) is 72.8 cm³/mol. The molecule has 0 amide bonds. The van der Waals surface area contributed by atoms with E-state index >= 15 is 0 Å². The van der Waals surface area contributed by atoms with Crippen LogP contribution in [0, 0.1) is 0 Å². The second-order valence-corrected chi connectivity index (χ2v) is 5.82. The van der Waals surface area contributed by atoms with E-state index in [1.54, 1.807) is 6.33 Å². The highest BCUT2D eigenvalue weighted by molar-refractivity contribution is 5.48. The van der Waals surface area contributed by atoms with E-state index in [2.05, 4.69) is 27.5 Å². The first kappa shape index (κ1) is 11.9. The number of fused-ring (bicyclic) bond motifs is 1. The van der Waals surface area contributed by atoms with Crippen molar-refractivity contribution in [1.29, 1.82) is 0 Å². The number of rotatable bonds is 2. The molecule has 4 nitrogen and oxygen atoms in total. The van der Waals surface area contributed by atoms with Crippen LogP contribution in [0.4, 0.5) is 5.82 Å². The first-order valence-corrected chi connectivity index (χ1v) is 7.08. The van der Waals surface area contributed by atoms with Gasteiger partial charge in [-0.25, -0.2) is 9.97 Å². The van der Waals surface area contributed by atoms with Gasteiger partial charge in [0.25, 0.3) is 0 Å². The summed E-state index contributed by atoms with van der Waals surface area (Å²) in [6.45, 7) is 4.39. The zero-order chi connectivity index (χ0) is 12.4. The largest absolute Gasteiger partial charge is 0.363 e. The summed E-state index contributed by atoms with van der Waals surface area (Å²) < 4.78 is 0. The number of hydrogen-bond acceptors (Lipinski definition) is 4. The lowest BCUT2D eigenvalue weighted by Gasteiger charge is -2.26. The maximum Gasteiger partial charge on any atom is 0.133 e. The monoisotopic (exact) mass is 246 g/mol. The van der Waals surface area contributed by atoms with Gasteiger partial charge < -0.3 is 10.6 Å². The van der Waals surface area contributed by atoms with Crippen LogP contribution in [0.3, 0.4) is 0 Å². The molecule has 1 atom stereocenters. The maximum atomic E-state index is 4.49. The predicted octanol–water partition coefficient (Wildman–Crippen LogP) is 1.91. The summed E-state index contributed by atoms with van der Waals surface area (Å²) in [6, 6.07) is 0. The molecule has 4 heteroatoms. The van der Waals surface area contributed by atoms with Crippen LogP contribution in [0.15, 0.2) is 6.33 Å². The fraction of sp³-hybridized carbons (Fsp3) is 0.714. The summed E-state index contributed by atoms with van der Waals surface area (Å²) in [5.41, 5.74) is 2.77. The molecule has 3 rings (SSSR count). The lowest BCUT2D eigenvalue weighted by Crippen LogP contribution is -2.37. The summed E-state index contributed by atoms with van der Waals surface area (Å²) >= 11 is 0. The van der Waals surface area contributed by atoms with Gasteiger partial charge in [-0.1, -0.05) is 6.42 Å². The van der Waals surface area contributed by atoms with Gasteiger partial charge in [0.1, 0.15) is 12.1 Å². The van der Waals surface area contributed by atoms with Gasteiger partial charge in [-0.15, -0.1) is 0 Å². The Labute approximate surface area is 109 Å². The Morgan fingerprint density at radius 2 is 2.11 bits per heavy atom. The molecule has 1 aliphatic carbocycles. The van der Waals surface area contributed by atoms with Crippen molar-refractivity contribution in [2.24, 2.45) is 0 Å². The summed E-state index contributed by atoms with van der Waals surface area (Å²) in [7, 11) is 0. The van der Waals surface area contributed by atoms with Crippen LogP contribution in [0.25, 0.3) is 0 Å². The Bertz CT molecular complexity index is 424. The van der Waals surface area contributed by atoms with Crippen molar-refractivity contribution < 1.29 is 0 Å². The average molecular weight is 246 g/mol. The number of aryl methyl sites for hydroxylation is 1. The van der Waals surface area contributed by atoms with Crippen LogP contribution in [-0.4, -0.2) is 28.6 Å². The molecular formula is C14H22N4. The van der Waals surface area contributed by atoms with Crippen LogP contribution in [0.5, 0.6) is 0 Å². The molecule has 18 heavy (non-hydrogen) atoms. The van der Waals surface area contributed by atoms with Gasteiger partial charge in [0.2, 0.25) is 0 Å². The van der Waals surface area contributed by atoms with E-state index in [1.807, 2.05) is 0 Å². The summed E-state index contributed by atoms with van der Waals surface area (Å²) in [5, 5.41) is 7.08. The number of hydrogen-bond donors (Lipinski definition) is 2. The third kappa shape index (κ3) is 2.34. The molecular weight excluding hydrogens is 224 g/mol. The average Bonchev–Trinajstić information content (AvgIpc) is 2.65. The van der Waals surface area contributed by atoms with Crippen molar-refractivity contribution in [3.05, 3.63) is 17.6 Å². The first-order chi connectivity index (χ1) is 8.77. The normalized spacial score (nSPS) is 27.6. The zero-order valence-corrected chi connectivity index (χ0v) is 11.1. The molecule has 0 saturated carbocycles. The molecule has 1 aliphatic heterocycles. The zero-order valence-electron chi connectivity index (χ0n) is 11.1. The minimum Gasteiger partial charge on any atom is -0.363 e. The number of nitrogens with one attached hydrogen (secondary N) is 2. The molecule has 0 bridgehead atoms. The molecule has 1 unspecified atom stereocenters. The first-order valence-electron chi connectivity index (χ1n) is 7.08. The molecule has 2 heterocycles. The Morgan fingerprint density at radius 1 is 1.22 bits per heavy atom. The van der Waals surface area contributed by atoms with Crippen LogP contribution >= 0.6 is 0 Å².